The van der Waals surface area contributed by atoms with Crippen LogP contribution in [0.2, 0.25) is 0 Å². The third kappa shape index (κ3) is 3.06. The summed E-state index contributed by atoms with van der Waals surface area (Å²) in [5.41, 5.74) is 12.9. The van der Waals surface area contributed by atoms with Crippen molar-refractivity contribution < 1.29 is 4.79 Å². The van der Waals surface area contributed by atoms with Crippen LogP contribution < -0.4 is 16.4 Å². The molecule has 0 spiro atoms. The number of nitrogens with two attached hydrogens (primary N) is 2. The van der Waals surface area contributed by atoms with E-state index in [0.717, 1.165) is 11.4 Å². The number of nitrogens with zero attached hydrogens (tertiary/aromatic N) is 1. The van der Waals surface area contributed by atoms with Gasteiger partial charge in [-0.2, -0.15) is 11.8 Å². The van der Waals surface area contributed by atoms with E-state index in [1.807, 2.05) is 13.1 Å². The zero-order chi connectivity index (χ0) is 13.0. The number of primary amides is 1. The van der Waals surface area contributed by atoms with Gasteiger partial charge in [-0.15, -0.1) is 0 Å². The van der Waals surface area contributed by atoms with E-state index in [9.17, 15) is 4.79 Å². The van der Waals surface area contributed by atoms with E-state index in [1.165, 1.54) is 0 Å². The minimum Gasteiger partial charge on any atom is -0.396 e. The molecule has 0 aliphatic carbocycles. The summed E-state index contributed by atoms with van der Waals surface area (Å²) in [5, 5.41) is 0. The highest BCUT2D eigenvalue weighted by molar-refractivity contribution is 7.98. The summed E-state index contributed by atoms with van der Waals surface area (Å²) in [6, 6.07) is 5.69. The van der Waals surface area contributed by atoms with Crippen LogP contribution in [-0.2, 0) is 0 Å². The van der Waals surface area contributed by atoms with Crippen molar-refractivity contribution in [1.82, 2.24) is 0 Å². The highest BCUT2D eigenvalue weighted by atomic mass is 32.2. The number of nitrogen functional groups attached to an aromatic ring is 1. The molecule has 0 saturated heterocycles. The summed E-state index contributed by atoms with van der Waals surface area (Å²) in [7, 11) is 1.97. The van der Waals surface area contributed by atoms with Crippen LogP contribution in [0.25, 0.3) is 0 Å². The van der Waals surface area contributed by atoms with Gasteiger partial charge in [-0.3, -0.25) is 4.79 Å². The van der Waals surface area contributed by atoms with Crippen LogP contribution in [0.1, 0.15) is 17.3 Å². The molecule has 1 aromatic carbocycles. The number of rotatable bonds is 5. The van der Waals surface area contributed by atoms with Crippen LogP contribution >= 0.6 is 11.8 Å². The van der Waals surface area contributed by atoms with Crippen molar-refractivity contribution in [1.29, 1.82) is 0 Å². The quantitative estimate of drug-likeness (QED) is 0.781. The molecule has 0 radical (unpaired) electrons. The summed E-state index contributed by atoms with van der Waals surface area (Å²) in [6.45, 7) is 2.12. The van der Waals surface area contributed by atoms with E-state index in [1.54, 1.807) is 23.9 Å². The maximum atomic E-state index is 11.2. The van der Waals surface area contributed by atoms with Crippen LogP contribution in [0, 0.1) is 0 Å². The summed E-state index contributed by atoms with van der Waals surface area (Å²) >= 11 is 1.77. The Morgan fingerprint density at radius 1 is 1.53 bits per heavy atom. The molecule has 0 aromatic heterocycles. The SMILES string of the molecule is CSCC(C)N(C)c1cccc(C(N)=O)c1N. The number of amides is 1. The standard InChI is InChI=1S/C12H19N3OS/c1-8(7-17-3)15(2)10-6-4-5-9(11(10)13)12(14)16/h4-6,8H,7,13H2,1-3H3,(H2,14,16). The number of hydrogen-bond acceptors (Lipinski definition) is 4. The molecule has 4 nitrogen and oxygen atoms in total. The predicted molar refractivity (Wildman–Crippen MR) is 75.6 cm³/mol. The second-order valence-electron chi connectivity index (χ2n) is 4.02. The van der Waals surface area contributed by atoms with Crippen molar-refractivity contribution in [2.45, 2.75) is 13.0 Å². The number of hydrogen-bond donors (Lipinski definition) is 2. The lowest BCUT2D eigenvalue weighted by Gasteiger charge is -2.28. The van der Waals surface area contributed by atoms with E-state index < -0.39 is 5.91 Å². The molecule has 0 saturated carbocycles. The van der Waals surface area contributed by atoms with Crippen LogP contribution in [0.3, 0.4) is 0 Å². The van der Waals surface area contributed by atoms with E-state index in [0.29, 0.717) is 17.3 Å². The topological polar surface area (TPSA) is 72.3 Å². The maximum Gasteiger partial charge on any atom is 0.250 e. The maximum absolute atomic E-state index is 11.2. The molecular formula is C12H19N3OS. The van der Waals surface area contributed by atoms with Gasteiger partial charge in [-0.05, 0) is 25.3 Å². The van der Waals surface area contributed by atoms with Crippen molar-refractivity contribution in [3.63, 3.8) is 0 Å². The van der Waals surface area contributed by atoms with Gasteiger partial charge in [0.2, 0.25) is 0 Å². The Labute approximate surface area is 106 Å². The van der Waals surface area contributed by atoms with Crippen LogP contribution in [0.4, 0.5) is 11.4 Å². The molecule has 5 heteroatoms. The first-order valence-electron chi connectivity index (χ1n) is 5.39. The zero-order valence-electron chi connectivity index (χ0n) is 10.4. The Morgan fingerprint density at radius 3 is 2.71 bits per heavy atom. The second-order valence-corrected chi connectivity index (χ2v) is 4.93. The molecule has 0 heterocycles. The molecule has 1 amide bonds. The van der Waals surface area contributed by atoms with E-state index >= 15 is 0 Å². The average Bonchev–Trinajstić information content (AvgIpc) is 2.28. The van der Waals surface area contributed by atoms with Crippen LogP contribution in [-0.4, -0.2) is 31.0 Å². The smallest absolute Gasteiger partial charge is 0.250 e. The van der Waals surface area contributed by atoms with Crippen molar-refractivity contribution in [2.75, 3.05) is 29.7 Å². The number of para-hydroxylation sites is 1. The molecule has 1 aromatic rings. The van der Waals surface area contributed by atoms with Gasteiger partial charge in [-0.25, -0.2) is 0 Å². The van der Waals surface area contributed by atoms with Gasteiger partial charge in [-0.1, -0.05) is 6.07 Å². The monoisotopic (exact) mass is 253 g/mol. The molecule has 94 valence electrons. The minimum atomic E-state index is -0.490. The molecule has 0 aliphatic rings. The molecule has 1 rings (SSSR count). The van der Waals surface area contributed by atoms with Crippen molar-refractivity contribution >= 4 is 29.0 Å². The third-order valence-corrected chi connectivity index (χ3v) is 3.61. The first-order chi connectivity index (χ1) is 7.99. The summed E-state index contributed by atoms with van der Waals surface area (Å²) in [5.74, 6) is 0.506. The molecular weight excluding hydrogens is 234 g/mol. The number of carbonyl (C=O) groups excluding carboxylic acids is 1. The Hall–Kier alpha value is -1.36. The van der Waals surface area contributed by atoms with Gasteiger partial charge in [0, 0.05) is 18.8 Å². The summed E-state index contributed by atoms with van der Waals surface area (Å²) in [4.78, 5) is 13.3. The molecule has 4 N–H and O–H groups in total. The fourth-order valence-corrected chi connectivity index (χ4v) is 2.37. The predicted octanol–water partition coefficient (Wildman–Crippen LogP) is 1.56. The van der Waals surface area contributed by atoms with Gasteiger partial charge in [0.05, 0.1) is 16.9 Å². The fraction of sp³-hybridized carbons (Fsp3) is 0.417. The zero-order valence-corrected chi connectivity index (χ0v) is 11.3. The number of anilines is 2. The van der Waals surface area contributed by atoms with Crippen LogP contribution in [0.5, 0.6) is 0 Å². The van der Waals surface area contributed by atoms with Gasteiger partial charge < -0.3 is 16.4 Å². The Bertz CT molecular complexity index is 409. The Balaban J connectivity index is 3.06. The first kappa shape index (κ1) is 13.7. The molecule has 0 bridgehead atoms. The highest BCUT2D eigenvalue weighted by Gasteiger charge is 2.15. The van der Waals surface area contributed by atoms with Gasteiger partial charge >= 0.3 is 0 Å². The summed E-state index contributed by atoms with van der Waals surface area (Å²) < 4.78 is 0. The van der Waals surface area contributed by atoms with E-state index in [2.05, 4.69) is 18.1 Å². The molecule has 0 fully saturated rings. The fourth-order valence-electron chi connectivity index (χ4n) is 1.67. The first-order valence-corrected chi connectivity index (χ1v) is 6.78. The molecule has 0 aliphatic heterocycles. The lowest BCUT2D eigenvalue weighted by atomic mass is 10.1. The average molecular weight is 253 g/mol. The van der Waals surface area contributed by atoms with Crippen molar-refractivity contribution in [3.05, 3.63) is 23.8 Å². The van der Waals surface area contributed by atoms with E-state index in [4.69, 9.17) is 11.5 Å². The second kappa shape index (κ2) is 5.82. The third-order valence-electron chi connectivity index (χ3n) is 2.80. The van der Waals surface area contributed by atoms with Crippen molar-refractivity contribution in [2.24, 2.45) is 5.73 Å². The van der Waals surface area contributed by atoms with Gasteiger partial charge in [0.15, 0.2) is 0 Å². The lowest BCUT2D eigenvalue weighted by Crippen LogP contribution is -2.32. The Kier molecular flexibility index (Phi) is 4.69. The minimum absolute atomic E-state index is 0.343. The Morgan fingerprint density at radius 2 is 2.18 bits per heavy atom. The normalized spacial score (nSPS) is 12.2. The van der Waals surface area contributed by atoms with Crippen molar-refractivity contribution in [3.8, 4) is 0 Å². The van der Waals surface area contributed by atoms with Crippen LogP contribution in [0.15, 0.2) is 18.2 Å². The summed E-state index contributed by atoms with van der Waals surface area (Å²) in [6.07, 6.45) is 2.06. The lowest BCUT2D eigenvalue weighted by molar-refractivity contribution is 0.100. The van der Waals surface area contributed by atoms with E-state index in [-0.39, 0.29) is 0 Å². The largest absolute Gasteiger partial charge is 0.396 e. The number of carbonyl (C=O) groups is 1. The highest BCUT2D eigenvalue weighted by Crippen LogP contribution is 2.27. The number of benzene rings is 1. The molecule has 1 unspecified atom stereocenters. The number of thioether (sulfide) groups is 1. The van der Waals surface area contributed by atoms with Gasteiger partial charge in [0.25, 0.3) is 5.91 Å². The molecule has 17 heavy (non-hydrogen) atoms. The molecule has 1 atom stereocenters. The van der Waals surface area contributed by atoms with Gasteiger partial charge in [0.1, 0.15) is 0 Å².